The second kappa shape index (κ2) is 10.0. The standard InChI is InChI=1S/C20H34N4O2S2/c1-6-23-13-11-17(12-14-23)22(5)20(27)21-19-15-18(10-9-16(19)4)28(25,26)24(7-2)8-3/h9-10,15,17H,6-8,11-14H2,1-5H3,(H,21,27). The Labute approximate surface area is 175 Å². The van der Waals surface area contributed by atoms with Gasteiger partial charge in [-0.25, -0.2) is 8.42 Å². The third-order valence-corrected chi connectivity index (χ3v) is 8.10. The van der Waals surface area contributed by atoms with Gasteiger partial charge >= 0.3 is 0 Å². The van der Waals surface area contributed by atoms with Crippen molar-refractivity contribution in [1.82, 2.24) is 14.1 Å². The Morgan fingerprint density at radius 1 is 1.21 bits per heavy atom. The normalized spacial score (nSPS) is 16.4. The minimum atomic E-state index is -3.50. The number of hydrogen-bond acceptors (Lipinski definition) is 4. The summed E-state index contributed by atoms with van der Waals surface area (Å²) < 4.78 is 27.1. The molecule has 0 radical (unpaired) electrons. The van der Waals surface area contributed by atoms with Crippen molar-refractivity contribution in [3.05, 3.63) is 23.8 Å². The summed E-state index contributed by atoms with van der Waals surface area (Å²) in [7, 11) is -1.47. The molecule has 0 saturated carbocycles. The maximum atomic E-state index is 12.8. The summed E-state index contributed by atoms with van der Waals surface area (Å²) in [5.41, 5.74) is 1.71. The predicted molar refractivity (Wildman–Crippen MR) is 120 cm³/mol. The molecule has 0 aromatic heterocycles. The minimum absolute atomic E-state index is 0.297. The van der Waals surface area contributed by atoms with E-state index in [4.69, 9.17) is 12.2 Å². The largest absolute Gasteiger partial charge is 0.349 e. The van der Waals surface area contributed by atoms with E-state index in [1.165, 1.54) is 4.31 Å². The molecule has 0 unspecified atom stereocenters. The van der Waals surface area contributed by atoms with Crippen molar-refractivity contribution in [2.45, 2.75) is 51.5 Å². The molecule has 0 amide bonds. The highest BCUT2D eigenvalue weighted by molar-refractivity contribution is 7.89. The lowest BCUT2D eigenvalue weighted by Gasteiger charge is -2.37. The topological polar surface area (TPSA) is 55.9 Å². The zero-order chi connectivity index (χ0) is 20.9. The summed E-state index contributed by atoms with van der Waals surface area (Å²) in [6.45, 7) is 12.0. The molecule has 1 aliphatic rings. The fourth-order valence-corrected chi connectivity index (χ4v) is 5.34. The molecule has 0 bridgehead atoms. The van der Waals surface area contributed by atoms with Crippen LogP contribution in [0.1, 0.15) is 39.2 Å². The smallest absolute Gasteiger partial charge is 0.243 e. The van der Waals surface area contributed by atoms with Crippen molar-refractivity contribution in [2.75, 3.05) is 45.1 Å². The third-order valence-electron chi connectivity index (χ3n) is 5.67. The fraction of sp³-hybridized carbons (Fsp3) is 0.650. The van der Waals surface area contributed by atoms with Crippen LogP contribution in [0.3, 0.4) is 0 Å². The van der Waals surface area contributed by atoms with Gasteiger partial charge in [-0.05, 0) is 56.2 Å². The number of hydrogen-bond donors (Lipinski definition) is 1. The van der Waals surface area contributed by atoms with Crippen molar-refractivity contribution in [3.63, 3.8) is 0 Å². The maximum absolute atomic E-state index is 12.8. The first-order valence-corrected chi connectivity index (χ1v) is 12.0. The number of anilines is 1. The van der Waals surface area contributed by atoms with Crippen LogP contribution in [0.2, 0.25) is 0 Å². The Morgan fingerprint density at radius 3 is 2.36 bits per heavy atom. The molecule has 2 rings (SSSR count). The van der Waals surface area contributed by atoms with Gasteiger partial charge in [0.2, 0.25) is 10.0 Å². The Bertz CT molecular complexity index is 770. The summed E-state index contributed by atoms with van der Waals surface area (Å²) in [5.74, 6) is 0. The van der Waals surface area contributed by atoms with Gasteiger partial charge in [0.15, 0.2) is 5.11 Å². The van der Waals surface area contributed by atoms with E-state index < -0.39 is 10.0 Å². The second-order valence-corrected chi connectivity index (χ2v) is 9.60. The summed E-state index contributed by atoms with van der Waals surface area (Å²) in [6, 6.07) is 5.61. The van der Waals surface area contributed by atoms with Crippen LogP contribution in [0.5, 0.6) is 0 Å². The van der Waals surface area contributed by atoms with Crippen LogP contribution in [-0.2, 0) is 10.0 Å². The molecular formula is C20H34N4O2S2. The third kappa shape index (κ3) is 5.23. The van der Waals surface area contributed by atoms with Crippen LogP contribution < -0.4 is 5.32 Å². The van der Waals surface area contributed by atoms with Gasteiger partial charge in [0, 0.05) is 45.0 Å². The maximum Gasteiger partial charge on any atom is 0.243 e. The molecule has 158 valence electrons. The highest BCUT2D eigenvalue weighted by Crippen LogP contribution is 2.24. The molecule has 1 aromatic rings. The minimum Gasteiger partial charge on any atom is -0.349 e. The number of nitrogens with one attached hydrogen (secondary N) is 1. The Morgan fingerprint density at radius 2 is 1.82 bits per heavy atom. The first-order chi connectivity index (χ1) is 13.2. The summed E-state index contributed by atoms with van der Waals surface area (Å²) in [6.07, 6.45) is 2.17. The number of sulfonamides is 1. The van der Waals surface area contributed by atoms with Gasteiger partial charge < -0.3 is 15.1 Å². The number of likely N-dealkylation sites (tertiary alicyclic amines) is 1. The van der Waals surface area contributed by atoms with Gasteiger partial charge in [-0.1, -0.05) is 26.8 Å². The first-order valence-electron chi connectivity index (χ1n) is 10.1. The highest BCUT2D eigenvalue weighted by Gasteiger charge is 2.25. The average molecular weight is 427 g/mol. The lowest BCUT2D eigenvalue weighted by Crippen LogP contribution is -2.46. The van der Waals surface area contributed by atoms with Crippen molar-refractivity contribution in [3.8, 4) is 0 Å². The molecule has 1 N–H and O–H groups in total. The number of thiocarbonyl (C=S) groups is 1. The van der Waals surface area contributed by atoms with Crippen molar-refractivity contribution in [1.29, 1.82) is 0 Å². The lowest BCUT2D eigenvalue weighted by molar-refractivity contribution is 0.173. The van der Waals surface area contributed by atoms with Crippen LogP contribution in [0, 0.1) is 6.92 Å². The van der Waals surface area contributed by atoms with E-state index in [0.717, 1.165) is 43.7 Å². The SMILES string of the molecule is CCN1CCC(N(C)C(=S)Nc2cc(S(=O)(=O)N(CC)CC)ccc2C)CC1. The molecular weight excluding hydrogens is 392 g/mol. The van der Waals surface area contributed by atoms with Gasteiger partial charge in [-0.3, -0.25) is 0 Å². The molecule has 6 nitrogen and oxygen atoms in total. The van der Waals surface area contributed by atoms with Crippen LogP contribution in [0.15, 0.2) is 23.1 Å². The van der Waals surface area contributed by atoms with Crippen LogP contribution in [0.4, 0.5) is 5.69 Å². The molecule has 1 aliphatic heterocycles. The summed E-state index contributed by atoms with van der Waals surface area (Å²) in [4.78, 5) is 4.87. The van der Waals surface area contributed by atoms with Crippen LogP contribution >= 0.6 is 12.2 Å². The second-order valence-electron chi connectivity index (χ2n) is 7.27. The fourth-order valence-electron chi connectivity index (χ4n) is 3.60. The molecule has 1 saturated heterocycles. The van der Waals surface area contributed by atoms with Gasteiger partial charge in [0.25, 0.3) is 0 Å². The molecule has 0 spiro atoms. The average Bonchev–Trinajstić information content (AvgIpc) is 2.69. The molecule has 8 heteroatoms. The van der Waals surface area contributed by atoms with E-state index in [1.807, 2.05) is 33.9 Å². The van der Waals surface area contributed by atoms with E-state index >= 15 is 0 Å². The van der Waals surface area contributed by atoms with Crippen molar-refractivity contribution in [2.24, 2.45) is 0 Å². The van der Waals surface area contributed by atoms with Crippen LogP contribution in [0.25, 0.3) is 0 Å². The number of benzene rings is 1. The quantitative estimate of drug-likeness (QED) is 0.676. The molecule has 0 atom stereocenters. The number of aryl methyl sites for hydroxylation is 1. The van der Waals surface area contributed by atoms with Crippen molar-refractivity contribution >= 4 is 33.0 Å². The molecule has 0 aliphatic carbocycles. The zero-order valence-corrected chi connectivity index (χ0v) is 19.4. The van der Waals surface area contributed by atoms with Gasteiger partial charge in [-0.2, -0.15) is 4.31 Å². The van der Waals surface area contributed by atoms with Crippen molar-refractivity contribution < 1.29 is 8.42 Å². The number of piperidine rings is 1. The Balaban J connectivity index is 2.14. The van der Waals surface area contributed by atoms with E-state index in [9.17, 15) is 8.42 Å². The summed E-state index contributed by atoms with van der Waals surface area (Å²) >= 11 is 5.63. The van der Waals surface area contributed by atoms with Gasteiger partial charge in [0.1, 0.15) is 0 Å². The monoisotopic (exact) mass is 426 g/mol. The van der Waals surface area contributed by atoms with Crippen LogP contribution in [-0.4, -0.2) is 73.4 Å². The van der Waals surface area contributed by atoms with E-state index in [1.54, 1.807) is 12.1 Å². The zero-order valence-electron chi connectivity index (χ0n) is 17.7. The van der Waals surface area contributed by atoms with E-state index in [0.29, 0.717) is 29.1 Å². The Hall–Kier alpha value is -1.22. The van der Waals surface area contributed by atoms with E-state index in [2.05, 4.69) is 22.0 Å². The first kappa shape index (κ1) is 23.1. The predicted octanol–water partition coefficient (Wildman–Crippen LogP) is 3.14. The molecule has 1 aromatic carbocycles. The number of rotatable bonds is 7. The highest BCUT2D eigenvalue weighted by atomic mass is 32.2. The Kier molecular flexibility index (Phi) is 8.24. The summed E-state index contributed by atoms with van der Waals surface area (Å²) in [5, 5.41) is 3.92. The number of nitrogens with zero attached hydrogens (tertiary/aromatic N) is 3. The van der Waals surface area contributed by atoms with E-state index in [-0.39, 0.29) is 0 Å². The molecule has 1 fully saturated rings. The lowest BCUT2D eigenvalue weighted by atomic mass is 10.0. The van der Waals surface area contributed by atoms with Gasteiger partial charge in [0.05, 0.1) is 4.90 Å². The molecule has 28 heavy (non-hydrogen) atoms. The molecule has 1 heterocycles. The van der Waals surface area contributed by atoms with Gasteiger partial charge in [-0.15, -0.1) is 0 Å².